The van der Waals surface area contributed by atoms with Gasteiger partial charge in [-0.05, 0) is 12.8 Å². The SMILES string of the molecule is NC(=O)CN1CCN(CC2(O)CCCCC2)CC1. The molecular weight excluding hydrogens is 230 g/mol. The predicted molar refractivity (Wildman–Crippen MR) is 70.1 cm³/mol. The number of nitrogens with zero attached hydrogens (tertiary/aromatic N) is 2. The zero-order valence-electron chi connectivity index (χ0n) is 11.1. The summed E-state index contributed by atoms with van der Waals surface area (Å²) in [5, 5.41) is 10.5. The summed E-state index contributed by atoms with van der Waals surface area (Å²) in [4.78, 5) is 15.3. The molecule has 0 aromatic rings. The third-order valence-corrected chi connectivity index (χ3v) is 4.15. The first-order valence-electron chi connectivity index (χ1n) is 7.03. The van der Waals surface area contributed by atoms with Gasteiger partial charge in [0.2, 0.25) is 5.91 Å². The van der Waals surface area contributed by atoms with E-state index < -0.39 is 5.60 Å². The van der Waals surface area contributed by atoms with Crippen molar-refractivity contribution in [3.63, 3.8) is 0 Å². The molecule has 104 valence electrons. The molecule has 0 atom stereocenters. The molecule has 1 heterocycles. The first-order valence-corrected chi connectivity index (χ1v) is 7.03. The number of nitrogens with two attached hydrogens (primary N) is 1. The monoisotopic (exact) mass is 255 g/mol. The van der Waals surface area contributed by atoms with Crippen LogP contribution in [-0.2, 0) is 4.79 Å². The van der Waals surface area contributed by atoms with Gasteiger partial charge in [-0.2, -0.15) is 0 Å². The van der Waals surface area contributed by atoms with Crippen LogP contribution in [-0.4, -0.2) is 65.7 Å². The van der Waals surface area contributed by atoms with Crippen molar-refractivity contribution in [3.8, 4) is 0 Å². The molecule has 0 radical (unpaired) electrons. The Labute approximate surface area is 109 Å². The molecule has 2 aliphatic rings. The highest BCUT2D eigenvalue weighted by Gasteiger charge is 2.32. The van der Waals surface area contributed by atoms with Gasteiger partial charge in [0.15, 0.2) is 0 Å². The first-order chi connectivity index (χ1) is 8.57. The number of hydrogen-bond acceptors (Lipinski definition) is 4. The van der Waals surface area contributed by atoms with Crippen molar-refractivity contribution < 1.29 is 9.90 Å². The van der Waals surface area contributed by atoms with Gasteiger partial charge < -0.3 is 10.8 Å². The number of amides is 1. The lowest BCUT2D eigenvalue weighted by Crippen LogP contribution is -2.53. The fraction of sp³-hybridized carbons (Fsp3) is 0.923. The summed E-state index contributed by atoms with van der Waals surface area (Å²) in [5.41, 5.74) is 4.73. The number of β-amino-alcohol motifs (C(OH)–C–C–N with tert-alkyl or cyclic N) is 1. The Balaban J connectivity index is 1.74. The van der Waals surface area contributed by atoms with Crippen LogP contribution in [0.2, 0.25) is 0 Å². The number of rotatable bonds is 4. The second-order valence-corrected chi connectivity index (χ2v) is 5.80. The Morgan fingerprint density at radius 3 is 2.17 bits per heavy atom. The Kier molecular flexibility index (Phi) is 4.59. The molecule has 18 heavy (non-hydrogen) atoms. The van der Waals surface area contributed by atoms with Gasteiger partial charge in [0.1, 0.15) is 0 Å². The fourth-order valence-corrected chi connectivity index (χ4v) is 3.11. The molecule has 1 saturated carbocycles. The van der Waals surface area contributed by atoms with Gasteiger partial charge in [0, 0.05) is 32.7 Å². The fourth-order valence-electron chi connectivity index (χ4n) is 3.11. The Morgan fingerprint density at radius 1 is 1.06 bits per heavy atom. The lowest BCUT2D eigenvalue weighted by Gasteiger charge is -2.40. The van der Waals surface area contributed by atoms with Crippen molar-refractivity contribution in [1.82, 2.24) is 9.80 Å². The van der Waals surface area contributed by atoms with Crippen molar-refractivity contribution in [2.24, 2.45) is 5.73 Å². The summed E-state index contributed by atoms with van der Waals surface area (Å²) >= 11 is 0. The maximum atomic E-state index is 10.8. The topological polar surface area (TPSA) is 69.8 Å². The van der Waals surface area contributed by atoms with E-state index in [2.05, 4.69) is 9.80 Å². The average molecular weight is 255 g/mol. The minimum absolute atomic E-state index is 0.255. The van der Waals surface area contributed by atoms with E-state index in [4.69, 9.17) is 5.73 Å². The number of aliphatic hydroxyl groups is 1. The van der Waals surface area contributed by atoms with Gasteiger partial charge in [-0.15, -0.1) is 0 Å². The molecule has 0 unspecified atom stereocenters. The van der Waals surface area contributed by atoms with Crippen LogP contribution in [0.3, 0.4) is 0 Å². The van der Waals surface area contributed by atoms with Gasteiger partial charge in [0.25, 0.3) is 0 Å². The van der Waals surface area contributed by atoms with E-state index in [1.807, 2.05) is 0 Å². The van der Waals surface area contributed by atoms with Crippen LogP contribution in [0.15, 0.2) is 0 Å². The maximum Gasteiger partial charge on any atom is 0.231 e. The molecule has 2 fully saturated rings. The molecule has 0 aromatic heterocycles. The smallest absolute Gasteiger partial charge is 0.231 e. The molecule has 1 saturated heterocycles. The Bertz CT molecular complexity index is 282. The number of carbonyl (C=O) groups is 1. The van der Waals surface area contributed by atoms with Crippen molar-refractivity contribution in [3.05, 3.63) is 0 Å². The summed E-state index contributed by atoms with van der Waals surface area (Å²) in [6, 6.07) is 0. The number of hydrogen-bond donors (Lipinski definition) is 2. The van der Waals surface area contributed by atoms with Gasteiger partial charge in [-0.1, -0.05) is 19.3 Å². The molecule has 0 bridgehead atoms. The van der Waals surface area contributed by atoms with E-state index in [1.165, 1.54) is 6.42 Å². The van der Waals surface area contributed by atoms with Crippen LogP contribution >= 0.6 is 0 Å². The van der Waals surface area contributed by atoms with E-state index in [1.54, 1.807) is 0 Å². The Morgan fingerprint density at radius 2 is 1.61 bits per heavy atom. The Hall–Kier alpha value is -0.650. The average Bonchev–Trinajstić information content (AvgIpc) is 2.31. The summed E-state index contributed by atoms with van der Waals surface area (Å²) < 4.78 is 0. The normalized spacial score (nSPS) is 26.1. The van der Waals surface area contributed by atoms with Gasteiger partial charge in [0.05, 0.1) is 12.1 Å². The molecule has 0 aromatic carbocycles. The molecule has 1 amide bonds. The summed E-state index contributed by atoms with van der Waals surface area (Å²) in [5.74, 6) is -0.255. The van der Waals surface area contributed by atoms with Gasteiger partial charge in [-0.25, -0.2) is 0 Å². The predicted octanol–water partition coefficient (Wildman–Crippen LogP) is -0.215. The summed E-state index contributed by atoms with van der Waals surface area (Å²) in [7, 11) is 0. The van der Waals surface area contributed by atoms with Crippen molar-refractivity contribution in [1.29, 1.82) is 0 Å². The van der Waals surface area contributed by atoms with Crippen LogP contribution < -0.4 is 5.73 Å². The highest BCUT2D eigenvalue weighted by atomic mass is 16.3. The van der Waals surface area contributed by atoms with E-state index in [-0.39, 0.29) is 5.91 Å². The van der Waals surface area contributed by atoms with Crippen LogP contribution in [0.5, 0.6) is 0 Å². The van der Waals surface area contributed by atoms with Crippen LogP contribution in [0.25, 0.3) is 0 Å². The van der Waals surface area contributed by atoms with Crippen molar-refractivity contribution in [2.45, 2.75) is 37.7 Å². The highest BCUT2D eigenvalue weighted by molar-refractivity contribution is 5.75. The molecule has 1 aliphatic carbocycles. The molecule has 2 rings (SSSR count). The van der Waals surface area contributed by atoms with E-state index in [9.17, 15) is 9.90 Å². The summed E-state index contributed by atoms with van der Waals surface area (Å²) in [6.07, 6.45) is 5.44. The second kappa shape index (κ2) is 5.99. The number of primary amides is 1. The van der Waals surface area contributed by atoms with Gasteiger partial charge >= 0.3 is 0 Å². The standard InChI is InChI=1S/C13H25N3O2/c14-12(17)10-15-6-8-16(9-7-15)11-13(18)4-2-1-3-5-13/h18H,1-11H2,(H2,14,17). The number of piperazine rings is 1. The molecule has 3 N–H and O–H groups in total. The van der Waals surface area contributed by atoms with Gasteiger partial charge in [-0.3, -0.25) is 14.6 Å². The number of carbonyl (C=O) groups excluding carboxylic acids is 1. The van der Waals surface area contributed by atoms with E-state index in [0.717, 1.165) is 58.4 Å². The second-order valence-electron chi connectivity index (χ2n) is 5.80. The van der Waals surface area contributed by atoms with E-state index >= 15 is 0 Å². The molecule has 1 aliphatic heterocycles. The first kappa shape index (κ1) is 13.8. The van der Waals surface area contributed by atoms with Crippen molar-refractivity contribution >= 4 is 5.91 Å². The van der Waals surface area contributed by atoms with Crippen LogP contribution in [0.4, 0.5) is 0 Å². The molecule has 5 heteroatoms. The quantitative estimate of drug-likeness (QED) is 0.729. The van der Waals surface area contributed by atoms with Crippen molar-refractivity contribution in [2.75, 3.05) is 39.3 Å². The lowest BCUT2D eigenvalue weighted by molar-refractivity contribution is -0.119. The van der Waals surface area contributed by atoms with Crippen LogP contribution in [0, 0.1) is 0 Å². The maximum absolute atomic E-state index is 10.8. The van der Waals surface area contributed by atoms with Crippen LogP contribution in [0.1, 0.15) is 32.1 Å². The largest absolute Gasteiger partial charge is 0.389 e. The third-order valence-electron chi connectivity index (χ3n) is 4.15. The minimum atomic E-state index is -0.468. The minimum Gasteiger partial charge on any atom is -0.389 e. The molecular formula is C13H25N3O2. The lowest BCUT2D eigenvalue weighted by atomic mass is 9.84. The highest BCUT2D eigenvalue weighted by Crippen LogP contribution is 2.29. The molecule has 0 spiro atoms. The van der Waals surface area contributed by atoms with E-state index in [0.29, 0.717) is 6.54 Å². The zero-order chi connectivity index (χ0) is 13.0. The molecule has 5 nitrogen and oxygen atoms in total. The zero-order valence-corrected chi connectivity index (χ0v) is 11.1. The summed E-state index contributed by atoms with van der Waals surface area (Å²) in [6.45, 7) is 4.75. The third kappa shape index (κ3) is 3.93.